The summed E-state index contributed by atoms with van der Waals surface area (Å²) in [5, 5.41) is 18.4. The van der Waals surface area contributed by atoms with Crippen molar-refractivity contribution in [2.75, 3.05) is 6.61 Å². The van der Waals surface area contributed by atoms with E-state index in [1.807, 2.05) is 18.2 Å². The molecule has 0 aromatic heterocycles. The molecular formula is C27H24F6O5. The summed E-state index contributed by atoms with van der Waals surface area (Å²) in [6.07, 6.45) is -12.0. The predicted molar refractivity (Wildman–Crippen MR) is 125 cm³/mol. The van der Waals surface area contributed by atoms with E-state index in [-0.39, 0.29) is 18.8 Å². The molecule has 0 bridgehead atoms. The molecule has 3 aromatic carbocycles. The van der Waals surface area contributed by atoms with Crippen molar-refractivity contribution >= 4 is 5.97 Å². The van der Waals surface area contributed by atoms with Crippen LogP contribution in [0.15, 0.2) is 78.9 Å². The highest BCUT2D eigenvalue weighted by molar-refractivity contribution is 5.67. The quantitative estimate of drug-likeness (QED) is 0.287. The van der Waals surface area contributed by atoms with E-state index in [1.165, 1.54) is 0 Å². The van der Waals surface area contributed by atoms with Gasteiger partial charge < -0.3 is 19.7 Å². The van der Waals surface area contributed by atoms with Gasteiger partial charge in [-0.3, -0.25) is 4.79 Å². The number of carboxylic acid groups (broad SMARTS) is 1. The van der Waals surface area contributed by atoms with Crippen molar-refractivity contribution in [3.05, 3.63) is 95.6 Å². The summed E-state index contributed by atoms with van der Waals surface area (Å²) in [5.41, 5.74) is -4.76. The van der Waals surface area contributed by atoms with E-state index < -0.39 is 35.6 Å². The summed E-state index contributed by atoms with van der Waals surface area (Å²) in [6.45, 7) is -0.0137. The van der Waals surface area contributed by atoms with Crippen molar-refractivity contribution in [2.45, 2.75) is 43.3 Å². The number of aliphatic carboxylic acids is 1. The van der Waals surface area contributed by atoms with Gasteiger partial charge in [-0.05, 0) is 41.8 Å². The maximum absolute atomic E-state index is 13.2. The van der Waals surface area contributed by atoms with Crippen molar-refractivity contribution in [1.82, 2.24) is 0 Å². The Balaban J connectivity index is 1.75. The smallest absolute Gasteiger partial charge is 0.430 e. The Hall–Kier alpha value is -3.73. The number of rotatable bonds is 11. The third-order valence-corrected chi connectivity index (χ3v) is 5.69. The third-order valence-electron chi connectivity index (χ3n) is 5.69. The first-order valence-corrected chi connectivity index (χ1v) is 11.4. The van der Waals surface area contributed by atoms with Gasteiger partial charge in [0, 0.05) is 18.4 Å². The topological polar surface area (TPSA) is 76.0 Å². The zero-order chi connectivity index (χ0) is 28.0. The van der Waals surface area contributed by atoms with Gasteiger partial charge in [-0.25, -0.2) is 0 Å². The number of carbonyl (C=O) groups is 1. The van der Waals surface area contributed by atoms with Gasteiger partial charge in [0.2, 0.25) is 0 Å². The van der Waals surface area contributed by atoms with E-state index in [4.69, 9.17) is 14.6 Å². The third kappa shape index (κ3) is 7.18. The number of aliphatic hydroxyl groups is 1. The highest BCUT2D eigenvalue weighted by Gasteiger charge is 2.71. The predicted octanol–water partition coefficient (Wildman–Crippen LogP) is 6.09. The molecule has 0 saturated heterocycles. The van der Waals surface area contributed by atoms with E-state index in [0.29, 0.717) is 30.7 Å². The molecule has 204 valence electrons. The lowest BCUT2D eigenvalue weighted by Gasteiger charge is -2.32. The van der Waals surface area contributed by atoms with Crippen LogP contribution in [0, 0.1) is 0 Å². The molecule has 0 heterocycles. The van der Waals surface area contributed by atoms with E-state index in [1.54, 1.807) is 36.4 Å². The summed E-state index contributed by atoms with van der Waals surface area (Å²) in [6, 6.07) is 18.7. The maximum Gasteiger partial charge on any atom is 0.430 e. The van der Waals surface area contributed by atoms with Crippen LogP contribution in [0.1, 0.15) is 23.1 Å². The Morgan fingerprint density at radius 2 is 1.32 bits per heavy atom. The first-order valence-electron chi connectivity index (χ1n) is 11.4. The van der Waals surface area contributed by atoms with E-state index in [9.17, 15) is 36.2 Å². The van der Waals surface area contributed by atoms with Crippen molar-refractivity contribution in [2.24, 2.45) is 0 Å². The summed E-state index contributed by atoms with van der Waals surface area (Å²) < 4.78 is 90.6. The molecule has 0 aliphatic heterocycles. The number of hydrogen-bond acceptors (Lipinski definition) is 4. The van der Waals surface area contributed by atoms with Crippen molar-refractivity contribution in [3.63, 3.8) is 0 Å². The lowest BCUT2D eigenvalue weighted by Crippen LogP contribution is -2.53. The van der Waals surface area contributed by atoms with Crippen LogP contribution < -0.4 is 9.47 Å². The molecule has 5 nitrogen and oxygen atoms in total. The van der Waals surface area contributed by atoms with Crippen LogP contribution in [0.4, 0.5) is 26.3 Å². The van der Waals surface area contributed by atoms with Gasteiger partial charge in [0.25, 0.3) is 5.60 Å². The molecule has 0 spiro atoms. The van der Waals surface area contributed by atoms with Crippen molar-refractivity contribution in [1.29, 1.82) is 0 Å². The number of halogens is 6. The molecule has 0 aliphatic rings. The van der Waals surface area contributed by atoms with Gasteiger partial charge in [0.05, 0.1) is 0 Å². The molecule has 3 aromatic rings. The van der Waals surface area contributed by atoms with Crippen molar-refractivity contribution in [3.8, 4) is 11.5 Å². The minimum atomic E-state index is -5.99. The molecule has 0 amide bonds. The van der Waals surface area contributed by atoms with Gasteiger partial charge in [-0.2, -0.15) is 26.3 Å². The summed E-state index contributed by atoms with van der Waals surface area (Å²) in [5.74, 6) is -0.476. The first-order chi connectivity index (χ1) is 17.8. The molecule has 0 radical (unpaired) electrons. The zero-order valence-electron chi connectivity index (χ0n) is 19.8. The van der Waals surface area contributed by atoms with Crippen molar-refractivity contribution < 1.29 is 50.8 Å². The van der Waals surface area contributed by atoms with Gasteiger partial charge >= 0.3 is 18.3 Å². The lowest BCUT2D eigenvalue weighted by atomic mass is 9.92. The number of hydrogen-bond donors (Lipinski definition) is 2. The summed E-state index contributed by atoms with van der Waals surface area (Å²) in [7, 11) is 0. The molecular weight excluding hydrogens is 518 g/mol. The minimum Gasteiger partial charge on any atom is -0.490 e. The van der Waals surface area contributed by atoms with Crippen LogP contribution in [-0.2, 0) is 23.2 Å². The molecule has 38 heavy (non-hydrogen) atoms. The average Bonchev–Trinajstić information content (AvgIpc) is 2.86. The first kappa shape index (κ1) is 28.8. The molecule has 1 atom stereocenters. The van der Waals surface area contributed by atoms with E-state index >= 15 is 0 Å². The SMILES string of the molecule is O=C(O)CCc1ccc(OC[C@H](Cc2ccccc2)Oc2ccc(C(O)(C(F)(F)F)C(F)(F)F)cc2)cc1. The molecule has 0 saturated carbocycles. The number of benzene rings is 3. The minimum absolute atomic E-state index is 0.0137. The highest BCUT2D eigenvalue weighted by Crippen LogP contribution is 2.50. The molecule has 0 aliphatic carbocycles. The number of ether oxygens (including phenoxy) is 2. The largest absolute Gasteiger partial charge is 0.490 e. The number of carboxylic acids is 1. The van der Waals surface area contributed by atoms with Crippen LogP contribution in [0.2, 0.25) is 0 Å². The molecule has 0 unspecified atom stereocenters. The molecule has 0 fully saturated rings. The fourth-order valence-corrected chi connectivity index (χ4v) is 3.66. The van der Waals surface area contributed by atoms with Gasteiger partial charge in [0.1, 0.15) is 24.2 Å². The van der Waals surface area contributed by atoms with Crippen LogP contribution >= 0.6 is 0 Å². The Morgan fingerprint density at radius 3 is 1.84 bits per heavy atom. The second-order valence-corrected chi connectivity index (χ2v) is 8.51. The molecule has 2 N–H and O–H groups in total. The van der Waals surface area contributed by atoms with Crippen LogP contribution in [0.3, 0.4) is 0 Å². The Morgan fingerprint density at radius 1 is 0.763 bits per heavy atom. The van der Waals surface area contributed by atoms with E-state index in [0.717, 1.165) is 23.3 Å². The molecule has 11 heteroatoms. The average molecular weight is 542 g/mol. The Kier molecular flexibility index (Phi) is 8.93. The van der Waals surface area contributed by atoms with Crippen LogP contribution in [0.5, 0.6) is 11.5 Å². The lowest BCUT2D eigenvalue weighted by molar-refractivity contribution is -0.376. The van der Waals surface area contributed by atoms with E-state index in [2.05, 4.69) is 0 Å². The fourth-order valence-electron chi connectivity index (χ4n) is 3.66. The normalized spacial score (nSPS) is 13.1. The summed E-state index contributed by atoms with van der Waals surface area (Å²) >= 11 is 0. The monoisotopic (exact) mass is 542 g/mol. The van der Waals surface area contributed by atoms with Crippen LogP contribution in [-0.4, -0.2) is 41.2 Å². The highest BCUT2D eigenvalue weighted by atomic mass is 19.4. The van der Waals surface area contributed by atoms with Gasteiger partial charge in [-0.1, -0.05) is 54.6 Å². The second kappa shape index (κ2) is 11.8. The number of alkyl halides is 6. The standard InChI is InChI=1S/C27H24F6O5/c28-26(29,30)25(36,27(31,32)33)20-9-13-22(14-10-20)38-23(16-19-4-2-1-3-5-19)17-37-21-11-6-18(7-12-21)8-15-24(34)35/h1-7,9-14,23,36H,8,15-17H2,(H,34,35)/t23-/m0/s1. The number of aryl methyl sites for hydroxylation is 1. The second-order valence-electron chi connectivity index (χ2n) is 8.51. The Bertz CT molecular complexity index is 1160. The summed E-state index contributed by atoms with van der Waals surface area (Å²) in [4.78, 5) is 10.7. The Labute approximate surface area is 214 Å². The molecule has 3 rings (SSSR count). The van der Waals surface area contributed by atoms with Gasteiger partial charge in [0.15, 0.2) is 0 Å². The fraction of sp³-hybridized carbons (Fsp3) is 0.296. The zero-order valence-corrected chi connectivity index (χ0v) is 19.8. The van der Waals surface area contributed by atoms with Gasteiger partial charge in [-0.15, -0.1) is 0 Å². The maximum atomic E-state index is 13.2. The van der Waals surface area contributed by atoms with Crippen LogP contribution in [0.25, 0.3) is 0 Å².